The Morgan fingerprint density at radius 2 is 1.89 bits per heavy atom. The Kier molecular flexibility index (Phi) is 7.61. The van der Waals surface area contributed by atoms with Crippen LogP contribution in [0.4, 0.5) is 0 Å². The summed E-state index contributed by atoms with van der Waals surface area (Å²) >= 11 is 5.80. The average molecular weight is 493 g/mol. The molecule has 0 amide bonds. The summed E-state index contributed by atoms with van der Waals surface area (Å²) in [6, 6.07) is 17.9. The Labute approximate surface area is 212 Å². The van der Waals surface area contributed by atoms with E-state index < -0.39 is 0 Å². The summed E-state index contributed by atoms with van der Waals surface area (Å²) < 4.78 is 17.5. The highest BCUT2D eigenvalue weighted by Crippen LogP contribution is 2.40. The lowest BCUT2D eigenvalue weighted by Gasteiger charge is -2.29. The van der Waals surface area contributed by atoms with Gasteiger partial charge in [-0.1, -0.05) is 6.07 Å². The second-order valence-electron chi connectivity index (χ2n) is 8.79. The Morgan fingerprint density at radius 1 is 1.06 bits per heavy atom. The zero-order valence-corrected chi connectivity index (χ0v) is 20.9. The minimum Gasteiger partial charge on any atom is -0.494 e. The van der Waals surface area contributed by atoms with Crippen LogP contribution in [0, 0.1) is 0 Å². The lowest BCUT2D eigenvalue weighted by Crippen LogP contribution is -2.38. The van der Waals surface area contributed by atoms with Crippen molar-refractivity contribution in [3.8, 4) is 17.1 Å². The van der Waals surface area contributed by atoms with E-state index in [1.165, 1.54) is 0 Å². The Bertz CT molecular complexity index is 1100. The number of hydrogen-bond acceptors (Lipinski definition) is 6. The zero-order chi connectivity index (χ0) is 24.0. The summed E-state index contributed by atoms with van der Waals surface area (Å²) in [5.74, 6) is 2.56. The number of aromatic nitrogens is 1. The minimum absolute atomic E-state index is 0.0708. The van der Waals surface area contributed by atoms with Crippen LogP contribution in [0.5, 0.6) is 5.75 Å². The van der Waals surface area contributed by atoms with Crippen molar-refractivity contribution in [2.24, 2.45) is 0 Å². The number of morpholine rings is 1. The van der Waals surface area contributed by atoms with Gasteiger partial charge in [-0.2, -0.15) is 0 Å². The van der Waals surface area contributed by atoms with E-state index in [0.717, 1.165) is 79.5 Å². The number of nitrogens with zero attached hydrogens (tertiary/aromatic N) is 3. The quantitative estimate of drug-likeness (QED) is 0.440. The van der Waals surface area contributed by atoms with Crippen molar-refractivity contribution in [2.75, 3.05) is 46.0 Å². The van der Waals surface area contributed by atoms with E-state index >= 15 is 0 Å². The van der Waals surface area contributed by atoms with Crippen molar-refractivity contribution in [2.45, 2.75) is 25.4 Å². The number of thiocarbonyl (C=S) groups is 1. The molecule has 2 fully saturated rings. The molecule has 5 rings (SSSR count). The number of nitrogens with one attached hydrogen (secondary N) is 1. The molecule has 2 aliphatic rings. The molecule has 35 heavy (non-hydrogen) atoms. The normalized spacial score (nSPS) is 20.7. The van der Waals surface area contributed by atoms with Gasteiger partial charge in [0.2, 0.25) is 0 Å². The summed E-state index contributed by atoms with van der Waals surface area (Å²) in [4.78, 5) is 9.34. The second kappa shape index (κ2) is 11.2. The van der Waals surface area contributed by atoms with Gasteiger partial charge in [-0.05, 0) is 74.1 Å². The number of rotatable bonds is 9. The van der Waals surface area contributed by atoms with Crippen molar-refractivity contribution in [1.82, 2.24) is 20.1 Å². The van der Waals surface area contributed by atoms with Crippen molar-refractivity contribution >= 4 is 17.3 Å². The summed E-state index contributed by atoms with van der Waals surface area (Å²) in [5.41, 5.74) is 1.97. The predicted octanol–water partition coefficient (Wildman–Crippen LogP) is 4.44. The largest absolute Gasteiger partial charge is 0.494 e. The first-order chi connectivity index (χ1) is 17.2. The molecule has 8 heteroatoms. The third-order valence-corrected chi connectivity index (χ3v) is 6.90. The number of benzene rings is 1. The molecule has 2 aliphatic heterocycles. The first kappa shape index (κ1) is 23.8. The Morgan fingerprint density at radius 3 is 2.63 bits per heavy atom. The highest BCUT2D eigenvalue weighted by Gasteiger charge is 2.41. The summed E-state index contributed by atoms with van der Waals surface area (Å²) in [5, 5.41) is 4.25. The fraction of sp³-hybridized carbons (Fsp3) is 0.407. The van der Waals surface area contributed by atoms with Gasteiger partial charge in [0.25, 0.3) is 0 Å². The van der Waals surface area contributed by atoms with E-state index in [4.69, 9.17) is 26.1 Å². The first-order valence-electron chi connectivity index (χ1n) is 12.3. The summed E-state index contributed by atoms with van der Waals surface area (Å²) in [7, 11) is 0. The molecule has 0 unspecified atom stereocenters. The molecule has 4 heterocycles. The van der Waals surface area contributed by atoms with Crippen LogP contribution < -0.4 is 10.1 Å². The standard InChI is InChI=1S/C27H32N4O3S/c1-2-33-21-9-7-20(8-10-21)23-11-12-24(34-23)26-25(22-6-3-4-13-28-22)29-27(35)31(26)15-5-14-30-16-18-32-19-17-30/h3-4,6-13,25-26H,2,5,14-19H2,1H3,(H,29,35)/t25-,26+/m1/s1. The molecule has 2 atom stereocenters. The summed E-state index contributed by atoms with van der Waals surface area (Å²) in [6.07, 6.45) is 2.84. The molecule has 0 aliphatic carbocycles. The molecule has 3 aromatic rings. The maximum Gasteiger partial charge on any atom is 0.170 e. The van der Waals surface area contributed by atoms with Gasteiger partial charge in [-0.3, -0.25) is 9.88 Å². The van der Waals surface area contributed by atoms with Crippen LogP contribution in [-0.2, 0) is 4.74 Å². The number of furan rings is 1. The van der Waals surface area contributed by atoms with Crippen LogP contribution in [0.15, 0.2) is 65.2 Å². The molecule has 0 spiro atoms. The lowest BCUT2D eigenvalue weighted by atomic mass is 10.0. The summed E-state index contributed by atoms with van der Waals surface area (Å²) in [6.45, 7) is 8.12. The number of hydrogen-bond donors (Lipinski definition) is 1. The van der Waals surface area contributed by atoms with Crippen LogP contribution in [0.2, 0.25) is 0 Å². The third kappa shape index (κ3) is 5.50. The molecule has 1 aromatic carbocycles. The fourth-order valence-electron chi connectivity index (χ4n) is 4.79. The zero-order valence-electron chi connectivity index (χ0n) is 20.1. The molecular weight excluding hydrogens is 460 g/mol. The van der Waals surface area contributed by atoms with E-state index in [-0.39, 0.29) is 12.1 Å². The predicted molar refractivity (Wildman–Crippen MR) is 139 cm³/mol. The molecule has 2 saturated heterocycles. The molecule has 1 N–H and O–H groups in total. The van der Waals surface area contributed by atoms with E-state index in [1.54, 1.807) is 0 Å². The van der Waals surface area contributed by atoms with Gasteiger partial charge in [-0.15, -0.1) is 0 Å². The van der Waals surface area contributed by atoms with E-state index in [1.807, 2.05) is 61.7 Å². The van der Waals surface area contributed by atoms with Gasteiger partial charge in [0.05, 0.1) is 31.6 Å². The lowest BCUT2D eigenvalue weighted by molar-refractivity contribution is 0.0365. The molecule has 0 radical (unpaired) electrons. The van der Waals surface area contributed by atoms with Crippen molar-refractivity contribution in [3.63, 3.8) is 0 Å². The molecule has 2 aromatic heterocycles. The average Bonchev–Trinajstić information content (AvgIpc) is 3.51. The van der Waals surface area contributed by atoms with Crippen molar-refractivity contribution in [1.29, 1.82) is 0 Å². The van der Waals surface area contributed by atoms with Crippen LogP contribution >= 0.6 is 12.2 Å². The van der Waals surface area contributed by atoms with Crippen LogP contribution in [0.3, 0.4) is 0 Å². The number of ether oxygens (including phenoxy) is 2. The van der Waals surface area contributed by atoms with Crippen LogP contribution in [0.1, 0.15) is 36.9 Å². The number of pyridine rings is 1. The van der Waals surface area contributed by atoms with Crippen molar-refractivity contribution in [3.05, 3.63) is 72.2 Å². The Hall–Kier alpha value is -2.94. The SMILES string of the molecule is CCOc1ccc(-c2ccc([C@H]3[C@@H](c4ccccn4)NC(=S)N3CCCN3CCOCC3)o2)cc1. The van der Waals surface area contributed by atoms with Gasteiger partial charge >= 0.3 is 0 Å². The second-order valence-corrected chi connectivity index (χ2v) is 9.17. The molecular formula is C27H32N4O3S. The minimum atomic E-state index is -0.0774. The van der Waals surface area contributed by atoms with Gasteiger partial charge in [0.1, 0.15) is 23.3 Å². The topological polar surface area (TPSA) is 63.0 Å². The van der Waals surface area contributed by atoms with Crippen LogP contribution in [-0.4, -0.2) is 65.9 Å². The van der Waals surface area contributed by atoms with Crippen LogP contribution in [0.25, 0.3) is 11.3 Å². The van der Waals surface area contributed by atoms with Gasteiger partial charge in [0.15, 0.2) is 5.11 Å². The van der Waals surface area contributed by atoms with Crippen molar-refractivity contribution < 1.29 is 13.9 Å². The van der Waals surface area contributed by atoms with E-state index in [0.29, 0.717) is 6.61 Å². The molecule has 184 valence electrons. The van der Waals surface area contributed by atoms with E-state index in [2.05, 4.69) is 26.2 Å². The molecule has 0 saturated carbocycles. The first-order valence-corrected chi connectivity index (χ1v) is 12.7. The molecule has 0 bridgehead atoms. The van der Waals surface area contributed by atoms with Gasteiger partial charge in [0, 0.05) is 37.9 Å². The van der Waals surface area contributed by atoms with Gasteiger partial charge in [-0.25, -0.2) is 0 Å². The maximum atomic E-state index is 6.44. The highest BCUT2D eigenvalue weighted by atomic mass is 32.1. The third-order valence-electron chi connectivity index (χ3n) is 6.54. The highest BCUT2D eigenvalue weighted by molar-refractivity contribution is 7.80. The Balaban J connectivity index is 1.37. The van der Waals surface area contributed by atoms with E-state index in [9.17, 15) is 0 Å². The molecule has 7 nitrogen and oxygen atoms in total. The monoisotopic (exact) mass is 492 g/mol. The smallest absolute Gasteiger partial charge is 0.170 e. The van der Waals surface area contributed by atoms with Gasteiger partial charge < -0.3 is 24.1 Å². The fourth-order valence-corrected chi connectivity index (χ4v) is 5.13. The maximum absolute atomic E-state index is 6.44.